The van der Waals surface area contributed by atoms with Gasteiger partial charge in [-0.3, -0.25) is 0 Å². The third-order valence-electron chi connectivity index (χ3n) is 5.59. The summed E-state index contributed by atoms with van der Waals surface area (Å²) in [6.45, 7) is 0.908. The summed E-state index contributed by atoms with van der Waals surface area (Å²) in [5, 5.41) is 0. The van der Waals surface area contributed by atoms with Crippen molar-refractivity contribution in [1.29, 1.82) is 0 Å². The molecule has 1 fully saturated rings. The SMILES string of the molecule is CN(C)C[C@@H](N)C[C@H]1CC2C=C(F)C=CC2CC2C=CC=CC21. The Morgan fingerprint density at radius 1 is 1.13 bits per heavy atom. The molecule has 4 unspecified atom stereocenters. The second kappa shape index (κ2) is 7.14. The van der Waals surface area contributed by atoms with Crippen molar-refractivity contribution in [2.24, 2.45) is 35.3 Å². The molecule has 3 aliphatic carbocycles. The van der Waals surface area contributed by atoms with Gasteiger partial charge >= 0.3 is 0 Å². The Hall–Kier alpha value is -1.19. The Kier molecular flexibility index (Phi) is 5.17. The molecule has 0 aromatic carbocycles. The highest BCUT2D eigenvalue weighted by Gasteiger charge is 2.38. The Bertz CT molecular complexity index is 532. The van der Waals surface area contributed by atoms with Crippen LogP contribution in [-0.2, 0) is 0 Å². The number of fused-ring (bicyclic) bond motifs is 2. The highest BCUT2D eigenvalue weighted by molar-refractivity contribution is 5.24. The third kappa shape index (κ3) is 4.02. The first-order valence-electron chi connectivity index (χ1n) is 8.83. The van der Waals surface area contributed by atoms with Crippen LogP contribution in [0, 0.1) is 29.6 Å². The monoisotopic (exact) mass is 316 g/mol. The van der Waals surface area contributed by atoms with Crippen molar-refractivity contribution in [1.82, 2.24) is 4.90 Å². The van der Waals surface area contributed by atoms with Crippen molar-refractivity contribution in [3.05, 3.63) is 48.4 Å². The molecule has 6 atom stereocenters. The lowest BCUT2D eigenvalue weighted by molar-refractivity contribution is 0.253. The van der Waals surface area contributed by atoms with Gasteiger partial charge in [-0.1, -0.05) is 30.4 Å². The minimum atomic E-state index is -0.0708. The molecule has 3 rings (SSSR count). The topological polar surface area (TPSA) is 29.3 Å². The summed E-state index contributed by atoms with van der Waals surface area (Å²) >= 11 is 0. The number of allylic oxidation sites excluding steroid dienone is 8. The van der Waals surface area contributed by atoms with Crippen LogP contribution in [-0.4, -0.2) is 31.6 Å². The van der Waals surface area contributed by atoms with Gasteiger partial charge in [0, 0.05) is 12.6 Å². The fraction of sp³-hybridized carbons (Fsp3) is 0.600. The predicted molar refractivity (Wildman–Crippen MR) is 94.4 cm³/mol. The first kappa shape index (κ1) is 16.7. The summed E-state index contributed by atoms with van der Waals surface area (Å²) in [7, 11) is 4.14. The zero-order valence-electron chi connectivity index (χ0n) is 14.2. The van der Waals surface area contributed by atoms with E-state index in [1.807, 2.05) is 6.08 Å². The van der Waals surface area contributed by atoms with Crippen molar-refractivity contribution >= 4 is 0 Å². The fourth-order valence-electron chi connectivity index (χ4n) is 4.66. The van der Waals surface area contributed by atoms with Crippen LogP contribution in [0.4, 0.5) is 4.39 Å². The molecule has 0 saturated heterocycles. The number of likely N-dealkylation sites (N-methyl/N-ethyl adjacent to an activating group) is 1. The summed E-state index contributed by atoms with van der Waals surface area (Å²) in [5.74, 6) is 2.35. The van der Waals surface area contributed by atoms with Crippen molar-refractivity contribution in [2.75, 3.05) is 20.6 Å². The molecule has 0 spiro atoms. The molecule has 2 nitrogen and oxygen atoms in total. The molecular formula is C20H29FN2. The molecule has 3 heteroatoms. The highest BCUT2D eigenvalue weighted by atomic mass is 19.1. The first-order valence-corrected chi connectivity index (χ1v) is 8.83. The maximum absolute atomic E-state index is 13.7. The maximum atomic E-state index is 13.7. The van der Waals surface area contributed by atoms with Crippen molar-refractivity contribution in [3.8, 4) is 0 Å². The van der Waals surface area contributed by atoms with Gasteiger partial charge in [-0.2, -0.15) is 0 Å². The van der Waals surface area contributed by atoms with Gasteiger partial charge in [0.05, 0.1) is 0 Å². The summed E-state index contributed by atoms with van der Waals surface area (Å²) in [5.41, 5.74) is 6.39. The van der Waals surface area contributed by atoms with E-state index in [0.29, 0.717) is 29.6 Å². The third-order valence-corrected chi connectivity index (χ3v) is 5.59. The zero-order valence-corrected chi connectivity index (χ0v) is 14.2. The highest BCUT2D eigenvalue weighted by Crippen LogP contribution is 2.46. The lowest BCUT2D eigenvalue weighted by Gasteiger charge is -2.32. The number of halogens is 1. The van der Waals surface area contributed by atoms with E-state index < -0.39 is 0 Å². The molecule has 0 heterocycles. The number of nitrogens with two attached hydrogens (primary N) is 1. The van der Waals surface area contributed by atoms with E-state index in [9.17, 15) is 4.39 Å². The summed E-state index contributed by atoms with van der Waals surface area (Å²) in [6, 6.07) is 0.180. The van der Waals surface area contributed by atoms with E-state index in [2.05, 4.69) is 49.4 Å². The molecule has 0 bridgehead atoms. The van der Waals surface area contributed by atoms with Crippen LogP contribution in [0.15, 0.2) is 48.4 Å². The number of rotatable bonds is 4. The minimum Gasteiger partial charge on any atom is -0.327 e. The molecule has 23 heavy (non-hydrogen) atoms. The average molecular weight is 316 g/mol. The van der Waals surface area contributed by atoms with Gasteiger partial charge in [0.25, 0.3) is 0 Å². The smallest absolute Gasteiger partial charge is 0.119 e. The Balaban J connectivity index is 1.79. The molecule has 0 aliphatic heterocycles. The van der Waals surface area contributed by atoms with Gasteiger partial charge < -0.3 is 10.6 Å². The van der Waals surface area contributed by atoms with Gasteiger partial charge in [0.2, 0.25) is 0 Å². The van der Waals surface area contributed by atoms with Crippen LogP contribution in [0.5, 0.6) is 0 Å². The second-order valence-electron chi connectivity index (χ2n) is 7.74. The van der Waals surface area contributed by atoms with E-state index in [0.717, 1.165) is 25.8 Å². The zero-order chi connectivity index (χ0) is 16.4. The van der Waals surface area contributed by atoms with Crippen LogP contribution < -0.4 is 5.73 Å². The van der Waals surface area contributed by atoms with Gasteiger partial charge in [0.1, 0.15) is 5.83 Å². The normalized spacial score (nSPS) is 37.1. The van der Waals surface area contributed by atoms with Gasteiger partial charge in [-0.25, -0.2) is 4.39 Å². The lowest BCUT2D eigenvalue weighted by atomic mass is 9.75. The Morgan fingerprint density at radius 3 is 2.70 bits per heavy atom. The average Bonchev–Trinajstić information content (AvgIpc) is 2.63. The summed E-state index contributed by atoms with van der Waals surface area (Å²) < 4.78 is 13.7. The van der Waals surface area contributed by atoms with E-state index in [4.69, 9.17) is 5.73 Å². The van der Waals surface area contributed by atoms with Gasteiger partial charge in [0.15, 0.2) is 0 Å². The number of hydrogen-bond acceptors (Lipinski definition) is 2. The molecule has 126 valence electrons. The number of nitrogens with zero attached hydrogens (tertiary/aromatic N) is 1. The van der Waals surface area contributed by atoms with Gasteiger partial charge in [-0.05, 0) is 75.1 Å². The molecule has 0 amide bonds. The quantitative estimate of drug-likeness (QED) is 0.857. The van der Waals surface area contributed by atoms with Crippen LogP contribution in [0.2, 0.25) is 0 Å². The van der Waals surface area contributed by atoms with E-state index in [1.54, 1.807) is 6.08 Å². The van der Waals surface area contributed by atoms with Crippen LogP contribution in [0.1, 0.15) is 19.3 Å². The second-order valence-corrected chi connectivity index (χ2v) is 7.74. The van der Waals surface area contributed by atoms with Crippen LogP contribution >= 0.6 is 0 Å². The summed E-state index contributed by atoms with van der Waals surface area (Å²) in [6.07, 6.45) is 17.8. The van der Waals surface area contributed by atoms with Crippen molar-refractivity contribution < 1.29 is 4.39 Å². The maximum Gasteiger partial charge on any atom is 0.119 e. The molecular weight excluding hydrogens is 287 g/mol. The molecule has 1 saturated carbocycles. The van der Waals surface area contributed by atoms with E-state index in [1.165, 1.54) is 0 Å². The summed E-state index contributed by atoms with van der Waals surface area (Å²) in [4.78, 5) is 2.15. The lowest BCUT2D eigenvalue weighted by Crippen LogP contribution is -2.37. The van der Waals surface area contributed by atoms with Crippen LogP contribution in [0.3, 0.4) is 0 Å². The van der Waals surface area contributed by atoms with Crippen LogP contribution in [0.25, 0.3) is 0 Å². The minimum absolute atomic E-state index is 0.0708. The van der Waals surface area contributed by atoms with Crippen molar-refractivity contribution in [2.45, 2.75) is 25.3 Å². The molecule has 0 radical (unpaired) electrons. The predicted octanol–water partition coefficient (Wildman–Crippen LogP) is 3.69. The molecule has 2 N–H and O–H groups in total. The number of hydrogen-bond donors (Lipinski definition) is 1. The fourth-order valence-corrected chi connectivity index (χ4v) is 4.66. The first-order chi connectivity index (χ1) is 11.0. The van der Waals surface area contributed by atoms with E-state index >= 15 is 0 Å². The largest absolute Gasteiger partial charge is 0.327 e. The standard InChI is InChI=1S/C20H29FN2/c1-23(2)13-19(22)12-17-10-16-11-18(21)8-7-14(16)9-15-5-3-4-6-20(15)17/h3-8,11,14-17,19-20H,9-10,12-13,22H2,1-2H3/t14?,15?,16?,17-,19+,20?/m1/s1. The van der Waals surface area contributed by atoms with Gasteiger partial charge in [-0.15, -0.1) is 0 Å². The van der Waals surface area contributed by atoms with Crippen molar-refractivity contribution in [3.63, 3.8) is 0 Å². The van der Waals surface area contributed by atoms with E-state index in [-0.39, 0.29) is 11.9 Å². The molecule has 0 aromatic heterocycles. The molecule has 0 aromatic rings. The Labute approximate surface area is 139 Å². The Morgan fingerprint density at radius 2 is 1.91 bits per heavy atom. The molecule has 3 aliphatic rings.